The third kappa shape index (κ3) is 3.49. The highest BCUT2D eigenvalue weighted by molar-refractivity contribution is 6.20. The van der Waals surface area contributed by atoms with Crippen LogP contribution < -0.4 is 0 Å². The standard InChI is InChI=1S/C44H26N2O2/c1-2-10-29(11-3-1)45-37-15-7-4-12-31(37)34-24-27(18-21-39(34)45)28-19-22-41-35(25-28)36-26-30(20-23-42(36)47-41)46-38-16-8-5-13-32(38)43-33-14-6-9-17-40(33)48-44(43)46/h1-26H. The Labute approximate surface area is 274 Å². The molecule has 0 aliphatic rings. The first-order valence-corrected chi connectivity index (χ1v) is 16.3. The summed E-state index contributed by atoms with van der Waals surface area (Å²) < 4.78 is 17.5. The summed E-state index contributed by atoms with van der Waals surface area (Å²) in [5.41, 5.74) is 11.5. The molecular formula is C44H26N2O2. The van der Waals surface area contributed by atoms with Gasteiger partial charge in [0.15, 0.2) is 0 Å². The average Bonchev–Trinajstić information content (AvgIpc) is 3.88. The van der Waals surface area contributed by atoms with Gasteiger partial charge in [0.1, 0.15) is 16.7 Å². The number of fused-ring (bicyclic) bond motifs is 11. The van der Waals surface area contributed by atoms with Crippen molar-refractivity contribution in [2.75, 3.05) is 0 Å². The molecule has 4 aromatic heterocycles. The van der Waals surface area contributed by atoms with Gasteiger partial charge in [0, 0.05) is 43.7 Å². The fourth-order valence-electron chi connectivity index (χ4n) is 7.79. The lowest BCUT2D eigenvalue weighted by molar-refractivity contribution is 0.645. The van der Waals surface area contributed by atoms with Crippen molar-refractivity contribution in [3.8, 4) is 22.5 Å². The number of benzene rings is 7. The van der Waals surface area contributed by atoms with Crippen LogP contribution in [0.25, 0.3) is 99.2 Å². The van der Waals surface area contributed by atoms with Gasteiger partial charge < -0.3 is 13.4 Å². The smallest absolute Gasteiger partial charge is 0.213 e. The lowest BCUT2D eigenvalue weighted by Gasteiger charge is -2.08. The SMILES string of the molecule is c1ccc(-n2c3ccccc3c3cc(-c4ccc5oc6ccc(-n7c8ccccc8c8c9ccccc9oc87)cc6c5c4)ccc32)cc1. The lowest BCUT2D eigenvalue weighted by atomic mass is 10.0. The van der Waals surface area contributed by atoms with Gasteiger partial charge >= 0.3 is 0 Å². The summed E-state index contributed by atoms with van der Waals surface area (Å²) in [6, 6.07) is 55.9. The number of rotatable bonds is 3. The van der Waals surface area contributed by atoms with Crippen molar-refractivity contribution in [3.63, 3.8) is 0 Å². The van der Waals surface area contributed by atoms with E-state index in [1.165, 1.54) is 32.8 Å². The Bertz CT molecular complexity index is 3060. The Hall–Kier alpha value is -6.52. The number of aromatic nitrogens is 2. The molecule has 0 bridgehead atoms. The number of para-hydroxylation sites is 4. The molecule has 224 valence electrons. The predicted molar refractivity (Wildman–Crippen MR) is 198 cm³/mol. The number of hydrogen-bond acceptors (Lipinski definition) is 2. The highest BCUT2D eigenvalue weighted by Crippen LogP contribution is 2.41. The van der Waals surface area contributed by atoms with Gasteiger partial charge in [0.05, 0.1) is 21.9 Å². The number of nitrogens with zero attached hydrogens (tertiary/aromatic N) is 2. The molecule has 48 heavy (non-hydrogen) atoms. The molecule has 0 unspecified atom stereocenters. The maximum absolute atomic E-state index is 6.51. The minimum atomic E-state index is 0.855. The van der Waals surface area contributed by atoms with Crippen molar-refractivity contribution >= 4 is 76.7 Å². The van der Waals surface area contributed by atoms with Gasteiger partial charge in [-0.2, -0.15) is 0 Å². The van der Waals surface area contributed by atoms with Crippen LogP contribution in [0.1, 0.15) is 0 Å². The molecular weight excluding hydrogens is 588 g/mol. The molecule has 0 amide bonds. The quantitative estimate of drug-likeness (QED) is 0.198. The van der Waals surface area contributed by atoms with Crippen molar-refractivity contribution in [1.82, 2.24) is 9.13 Å². The fourth-order valence-corrected chi connectivity index (χ4v) is 7.79. The second-order valence-electron chi connectivity index (χ2n) is 12.5. The van der Waals surface area contributed by atoms with Crippen molar-refractivity contribution < 1.29 is 8.83 Å². The normalized spacial score (nSPS) is 12.2. The fraction of sp³-hybridized carbons (Fsp3) is 0. The van der Waals surface area contributed by atoms with Crippen molar-refractivity contribution in [3.05, 3.63) is 158 Å². The van der Waals surface area contributed by atoms with E-state index < -0.39 is 0 Å². The topological polar surface area (TPSA) is 36.1 Å². The van der Waals surface area contributed by atoms with E-state index in [0.717, 1.165) is 66.5 Å². The first kappa shape index (κ1) is 25.6. The van der Waals surface area contributed by atoms with Crippen molar-refractivity contribution in [2.24, 2.45) is 0 Å². The first-order valence-electron chi connectivity index (χ1n) is 16.3. The zero-order valence-corrected chi connectivity index (χ0v) is 25.7. The number of hydrogen-bond donors (Lipinski definition) is 0. The van der Waals surface area contributed by atoms with Gasteiger partial charge in [-0.05, 0) is 83.9 Å². The summed E-state index contributed by atoms with van der Waals surface area (Å²) >= 11 is 0. The summed E-state index contributed by atoms with van der Waals surface area (Å²) in [5, 5.41) is 8.10. The van der Waals surface area contributed by atoms with E-state index in [2.05, 4.69) is 155 Å². The second-order valence-corrected chi connectivity index (χ2v) is 12.5. The van der Waals surface area contributed by atoms with Crippen LogP contribution in [0.4, 0.5) is 0 Å². The zero-order valence-electron chi connectivity index (χ0n) is 25.7. The molecule has 11 aromatic rings. The minimum Gasteiger partial charge on any atom is -0.456 e. The molecule has 4 nitrogen and oxygen atoms in total. The summed E-state index contributed by atoms with van der Waals surface area (Å²) in [7, 11) is 0. The molecule has 0 fully saturated rings. The molecule has 0 aliphatic carbocycles. The highest BCUT2D eigenvalue weighted by atomic mass is 16.3. The van der Waals surface area contributed by atoms with Crippen LogP contribution in [-0.4, -0.2) is 9.13 Å². The molecule has 4 heteroatoms. The second kappa shape index (κ2) is 9.50. The highest BCUT2D eigenvalue weighted by Gasteiger charge is 2.20. The third-order valence-electron chi connectivity index (χ3n) is 9.93. The minimum absolute atomic E-state index is 0.855. The summed E-state index contributed by atoms with van der Waals surface area (Å²) in [6.07, 6.45) is 0. The molecule has 0 atom stereocenters. The lowest BCUT2D eigenvalue weighted by Crippen LogP contribution is -1.92. The summed E-state index contributed by atoms with van der Waals surface area (Å²) in [4.78, 5) is 0. The van der Waals surface area contributed by atoms with E-state index >= 15 is 0 Å². The van der Waals surface area contributed by atoms with Crippen LogP contribution in [0.3, 0.4) is 0 Å². The van der Waals surface area contributed by atoms with Crippen molar-refractivity contribution in [2.45, 2.75) is 0 Å². The monoisotopic (exact) mass is 614 g/mol. The summed E-state index contributed by atoms with van der Waals surface area (Å²) in [6.45, 7) is 0. The van der Waals surface area contributed by atoms with Gasteiger partial charge in [-0.3, -0.25) is 4.57 Å². The van der Waals surface area contributed by atoms with Crippen LogP contribution in [0.2, 0.25) is 0 Å². The van der Waals surface area contributed by atoms with Crippen LogP contribution in [0.5, 0.6) is 0 Å². The molecule has 0 N–H and O–H groups in total. The molecule has 0 spiro atoms. The molecule has 0 saturated carbocycles. The van der Waals surface area contributed by atoms with E-state index in [9.17, 15) is 0 Å². The molecule has 0 radical (unpaired) electrons. The Balaban J connectivity index is 1.11. The molecule has 0 aliphatic heterocycles. The van der Waals surface area contributed by atoms with Gasteiger partial charge in [0.2, 0.25) is 5.71 Å². The van der Waals surface area contributed by atoms with Crippen LogP contribution in [-0.2, 0) is 0 Å². The molecule has 7 aromatic carbocycles. The van der Waals surface area contributed by atoms with E-state index in [4.69, 9.17) is 8.83 Å². The number of furan rings is 2. The largest absolute Gasteiger partial charge is 0.456 e. The van der Waals surface area contributed by atoms with Crippen LogP contribution in [0, 0.1) is 0 Å². The van der Waals surface area contributed by atoms with E-state index in [1.807, 2.05) is 12.1 Å². The third-order valence-corrected chi connectivity index (χ3v) is 9.93. The molecule has 4 heterocycles. The van der Waals surface area contributed by atoms with E-state index in [1.54, 1.807) is 0 Å². The van der Waals surface area contributed by atoms with E-state index in [-0.39, 0.29) is 0 Å². The Morgan fingerprint density at radius 3 is 1.75 bits per heavy atom. The summed E-state index contributed by atoms with van der Waals surface area (Å²) in [5.74, 6) is 0. The van der Waals surface area contributed by atoms with E-state index in [0.29, 0.717) is 0 Å². The molecule has 11 rings (SSSR count). The van der Waals surface area contributed by atoms with Crippen molar-refractivity contribution in [1.29, 1.82) is 0 Å². The molecule has 0 saturated heterocycles. The van der Waals surface area contributed by atoms with Gasteiger partial charge in [-0.25, -0.2) is 0 Å². The Kier molecular flexibility index (Phi) is 5.08. The maximum Gasteiger partial charge on any atom is 0.213 e. The van der Waals surface area contributed by atoms with Crippen LogP contribution in [0.15, 0.2) is 167 Å². The predicted octanol–water partition coefficient (Wildman–Crippen LogP) is 12.2. The average molecular weight is 615 g/mol. The zero-order chi connectivity index (χ0) is 31.3. The first-order chi connectivity index (χ1) is 23.8. The van der Waals surface area contributed by atoms with Gasteiger partial charge in [-0.1, -0.05) is 84.9 Å². The van der Waals surface area contributed by atoms with Gasteiger partial charge in [0.25, 0.3) is 0 Å². The Morgan fingerprint density at radius 1 is 0.333 bits per heavy atom. The maximum atomic E-state index is 6.51. The Morgan fingerprint density at radius 2 is 0.917 bits per heavy atom. The van der Waals surface area contributed by atoms with Gasteiger partial charge in [-0.15, -0.1) is 0 Å². The van der Waals surface area contributed by atoms with Crippen LogP contribution >= 0.6 is 0 Å².